The summed E-state index contributed by atoms with van der Waals surface area (Å²) < 4.78 is 7.23. The van der Waals surface area contributed by atoms with Crippen molar-refractivity contribution in [3.8, 4) is 0 Å². The van der Waals surface area contributed by atoms with E-state index in [-0.39, 0.29) is 6.61 Å². The SMILES string of the molecule is CN(C)c1ncnc2c1ncn2[C@H]1O[C@@H](CO)[C@@H](N)[C@H]1O. The average Bonchev–Trinajstić information content (AvgIpc) is 3.01. The molecule has 0 saturated carbocycles. The van der Waals surface area contributed by atoms with Gasteiger partial charge in [0.15, 0.2) is 23.2 Å². The number of ether oxygens (including phenoxy) is 1. The van der Waals surface area contributed by atoms with Gasteiger partial charge in [-0.1, -0.05) is 0 Å². The number of aliphatic hydroxyl groups is 2. The van der Waals surface area contributed by atoms with Gasteiger partial charge in [-0.05, 0) is 0 Å². The standard InChI is InChI=1S/C12H18N6O3/c1-17(2)10-8-11(15-4-14-10)18(5-16-8)12-9(20)7(13)6(3-19)21-12/h4-7,9,12,19-20H,3,13H2,1-2H3/t6-,7+,9+,12-/m0/s1. The summed E-state index contributed by atoms with van der Waals surface area (Å²) >= 11 is 0. The van der Waals surface area contributed by atoms with Crippen LogP contribution in [-0.2, 0) is 4.74 Å². The number of rotatable bonds is 3. The highest BCUT2D eigenvalue weighted by Gasteiger charge is 2.42. The Hall–Kier alpha value is -1.81. The number of imidazole rings is 1. The molecule has 4 atom stereocenters. The van der Waals surface area contributed by atoms with E-state index in [0.717, 1.165) is 0 Å². The minimum atomic E-state index is -0.947. The summed E-state index contributed by atoms with van der Waals surface area (Å²) in [5.41, 5.74) is 7.00. The van der Waals surface area contributed by atoms with Crippen molar-refractivity contribution in [2.24, 2.45) is 5.73 Å². The zero-order chi connectivity index (χ0) is 15.1. The largest absolute Gasteiger partial charge is 0.394 e. The molecule has 4 N–H and O–H groups in total. The second-order valence-corrected chi connectivity index (χ2v) is 5.23. The fraction of sp³-hybridized carbons (Fsp3) is 0.583. The van der Waals surface area contributed by atoms with Crippen molar-refractivity contribution in [1.82, 2.24) is 19.5 Å². The highest BCUT2D eigenvalue weighted by molar-refractivity contribution is 5.83. The number of hydrogen-bond donors (Lipinski definition) is 3. The Morgan fingerprint density at radius 2 is 2.14 bits per heavy atom. The third-order valence-corrected chi connectivity index (χ3v) is 3.65. The average molecular weight is 294 g/mol. The summed E-state index contributed by atoms with van der Waals surface area (Å²) in [6, 6.07) is -0.660. The zero-order valence-electron chi connectivity index (χ0n) is 11.8. The molecule has 3 rings (SSSR count). The number of nitrogens with two attached hydrogens (primary N) is 1. The Bertz CT molecular complexity index is 645. The number of fused-ring (bicyclic) bond motifs is 1. The van der Waals surface area contributed by atoms with E-state index >= 15 is 0 Å². The molecule has 0 spiro atoms. The maximum absolute atomic E-state index is 10.2. The highest BCUT2D eigenvalue weighted by Crippen LogP contribution is 2.31. The first kappa shape index (κ1) is 14.1. The van der Waals surface area contributed by atoms with Gasteiger partial charge in [-0.3, -0.25) is 4.57 Å². The van der Waals surface area contributed by atoms with Gasteiger partial charge < -0.3 is 25.6 Å². The first-order valence-corrected chi connectivity index (χ1v) is 6.59. The van der Waals surface area contributed by atoms with E-state index in [1.807, 2.05) is 19.0 Å². The molecule has 1 aliphatic rings. The molecule has 9 heteroatoms. The first-order chi connectivity index (χ1) is 10.0. The van der Waals surface area contributed by atoms with Crippen molar-refractivity contribution in [2.75, 3.05) is 25.6 Å². The second-order valence-electron chi connectivity index (χ2n) is 5.23. The van der Waals surface area contributed by atoms with Crippen LogP contribution in [0.5, 0.6) is 0 Å². The maximum atomic E-state index is 10.2. The highest BCUT2D eigenvalue weighted by atomic mass is 16.5. The number of hydrogen-bond acceptors (Lipinski definition) is 8. The summed E-state index contributed by atoms with van der Waals surface area (Å²) in [7, 11) is 3.72. The van der Waals surface area contributed by atoms with E-state index in [9.17, 15) is 10.2 Å². The van der Waals surface area contributed by atoms with Crippen LogP contribution < -0.4 is 10.6 Å². The minimum absolute atomic E-state index is 0.251. The molecule has 114 valence electrons. The normalized spacial score (nSPS) is 29.2. The van der Waals surface area contributed by atoms with E-state index in [1.54, 1.807) is 4.57 Å². The van der Waals surface area contributed by atoms with E-state index < -0.39 is 24.5 Å². The Kier molecular flexibility index (Phi) is 3.49. The fourth-order valence-corrected chi connectivity index (χ4v) is 2.51. The van der Waals surface area contributed by atoms with Crippen LogP contribution in [0.1, 0.15) is 6.23 Å². The predicted octanol–water partition coefficient (Wildman–Crippen LogP) is -1.53. The lowest BCUT2D eigenvalue weighted by atomic mass is 10.1. The van der Waals surface area contributed by atoms with Crippen molar-refractivity contribution < 1.29 is 14.9 Å². The molecule has 1 fully saturated rings. The quantitative estimate of drug-likeness (QED) is 0.623. The molecule has 1 aliphatic heterocycles. The molecule has 2 aromatic heterocycles. The number of aromatic nitrogens is 4. The van der Waals surface area contributed by atoms with Gasteiger partial charge >= 0.3 is 0 Å². The van der Waals surface area contributed by atoms with Gasteiger partial charge in [0.25, 0.3) is 0 Å². The van der Waals surface area contributed by atoms with Gasteiger partial charge in [-0.2, -0.15) is 0 Å². The Morgan fingerprint density at radius 1 is 1.38 bits per heavy atom. The van der Waals surface area contributed by atoms with Crippen molar-refractivity contribution in [3.63, 3.8) is 0 Å². The summed E-state index contributed by atoms with van der Waals surface area (Å²) in [6.45, 7) is -0.251. The second kappa shape index (κ2) is 5.19. The molecular formula is C12H18N6O3. The fourth-order valence-electron chi connectivity index (χ4n) is 2.51. The lowest BCUT2D eigenvalue weighted by Gasteiger charge is -2.17. The van der Waals surface area contributed by atoms with E-state index in [2.05, 4.69) is 15.0 Å². The van der Waals surface area contributed by atoms with Crippen LogP contribution in [0, 0.1) is 0 Å². The Morgan fingerprint density at radius 3 is 2.76 bits per heavy atom. The van der Waals surface area contributed by atoms with E-state index in [1.165, 1.54) is 12.7 Å². The Labute approximate surface area is 121 Å². The number of anilines is 1. The summed E-state index contributed by atoms with van der Waals surface area (Å²) in [5, 5.41) is 19.4. The van der Waals surface area contributed by atoms with Gasteiger partial charge in [-0.15, -0.1) is 0 Å². The van der Waals surface area contributed by atoms with Gasteiger partial charge in [-0.25, -0.2) is 15.0 Å². The van der Waals surface area contributed by atoms with Gasteiger partial charge in [0.1, 0.15) is 18.5 Å². The molecule has 2 aromatic rings. The third-order valence-electron chi connectivity index (χ3n) is 3.65. The molecule has 0 bridgehead atoms. The minimum Gasteiger partial charge on any atom is -0.394 e. The molecule has 21 heavy (non-hydrogen) atoms. The lowest BCUT2D eigenvalue weighted by molar-refractivity contribution is -0.0488. The molecular weight excluding hydrogens is 276 g/mol. The number of aliphatic hydroxyl groups excluding tert-OH is 2. The Balaban J connectivity index is 2.04. The van der Waals surface area contributed by atoms with Gasteiger partial charge in [0.2, 0.25) is 0 Å². The smallest absolute Gasteiger partial charge is 0.167 e. The summed E-state index contributed by atoms with van der Waals surface area (Å²) in [5.74, 6) is 0.675. The van der Waals surface area contributed by atoms with Crippen LogP contribution >= 0.6 is 0 Å². The molecule has 9 nitrogen and oxygen atoms in total. The zero-order valence-corrected chi connectivity index (χ0v) is 11.8. The molecule has 0 radical (unpaired) electrons. The van der Waals surface area contributed by atoms with Gasteiger partial charge in [0.05, 0.1) is 19.0 Å². The van der Waals surface area contributed by atoms with Crippen molar-refractivity contribution >= 4 is 17.0 Å². The number of nitrogens with zero attached hydrogens (tertiary/aromatic N) is 5. The summed E-state index contributed by atoms with van der Waals surface area (Å²) in [4.78, 5) is 14.5. The monoisotopic (exact) mass is 294 g/mol. The molecule has 0 aliphatic carbocycles. The van der Waals surface area contributed by atoms with Crippen molar-refractivity contribution in [1.29, 1.82) is 0 Å². The molecule has 3 heterocycles. The lowest BCUT2D eigenvalue weighted by Crippen LogP contribution is -2.41. The molecule has 1 saturated heterocycles. The first-order valence-electron chi connectivity index (χ1n) is 6.59. The van der Waals surface area contributed by atoms with Crippen molar-refractivity contribution in [2.45, 2.75) is 24.5 Å². The molecule has 0 amide bonds. The third kappa shape index (κ3) is 2.14. The predicted molar refractivity (Wildman–Crippen MR) is 74.6 cm³/mol. The van der Waals surface area contributed by atoms with Crippen LogP contribution in [0.3, 0.4) is 0 Å². The van der Waals surface area contributed by atoms with E-state index in [4.69, 9.17) is 10.5 Å². The van der Waals surface area contributed by atoms with Crippen LogP contribution in [0.2, 0.25) is 0 Å². The molecule has 0 aromatic carbocycles. The van der Waals surface area contributed by atoms with Crippen LogP contribution in [0.4, 0.5) is 5.82 Å². The molecule has 0 unspecified atom stereocenters. The van der Waals surface area contributed by atoms with Crippen LogP contribution in [0.25, 0.3) is 11.2 Å². The van der Waals surface area contributed by atoms with Crippen LogP contribution in [-0.4, -0.2) is 68.7 Å². The van der Waals surface area contributed by atoms with Crippen LogP contribution in [0.15, 0.2) is 12.7 Å². The van der Waals surface area contributed by atoms with E-state index in [0.29, 0.717) is 17.0 Å². The van der Waals surface area contributed by atoms with Crippen molar-refractivity contribution in [3.05, 3.63) is 12.7 Å². The topological polar surface area (TPSA) is 123 Å². The summed E-state index contributed by atoms with van der Waals surface area (Å²) in [6.07, 6.45) is 0.676. The maximum Gasteiger partial charge on any atom is 0.167 e. The van der Waals surface area contributed by atoms with Gasteiger partial charge in [0, 0.05) is 14.1 Å².